The quantitative estimate of drug-likeness (QED) is 0.921. The van der Waals surface area contributed by atoms with Crippen molar-refractivity contribution >= 4 is 0 Å². The molecule has 0 radical (unpaired) electrons. The second-order valence-electron chi connectivity index (χ2n) is 5.69. The fourth-order valence-electron chi connectivity index (χ4n) is 2.89. The minimum atomic E-state index is -4.40. The summed E-state index contributed by atoms with van der Waals surface area (Å²) in [6, 6.07) is 5.64. The van der Waals surface area contributed by atoms with Crippen molar-refractivity contribution in [1.29, 1.82) is 0 Å². The molecule has 1 aliphatic carbocycles. The zero-order chi connectivity index (χ0) is 15.8. The SMILES string of the molecule is Cc1occ(C(F)(F)F)c1CNC1(c2ccccn2)CCC1. The van der Waals surface area contributed by atoms with Crippen LogP contribution in [0.2, 0.25) is 0 Å². The molecule has 2 aromatic heterocycles. The van der Waals surface area contributed by atoms with Crippen molar-refractivity contribution in [3.05, 3.63) is 53.2 Å². The predicted octanol–water partition coefficient (Wildman–Crippen LogP) is 4.17. The third-order valence-electron chi connectivity index (χ3n) is 4.37. The highest BCUT2D eigenvalue weighted by Crippen LogP contribution is 2.41. The standard InChI is InChI=1S/C16H17F3N2O/c1-11-12(13(10-22-11)16(17,18)19)9-21-15(6-4-7-15)14-5-2-3-8-20-14/h2-3,5,8,10,21H,4,6-7,9H2,1H3. The fourth-order valence-corrected chi connectivity index (χ4v) is 2.89. The van der Waals surface area contributed by atoms with Gasteiger partial charge in [-0.15, -0.1) is 0 Å². The minimum absolute atomic E-state index is 0.119. The molecule has 0 unspecified atom stereocenters. The lowest BCUT2D eigenvalue weighted by Crippen LogP contribution is -2.48. The Morgan fingerprint density at radius 2 is 2.09 bits per heavy atom. The molecule has 1 N–H and O–H groups in total. The van der Waals surface area contributed by atoms with Crippen LogP contribution in [0, 0.1) is 6.92 Å². The van der Waals surface area contributed by atoms with Crippen LogP contribution in [0.5, 0.6) is 0 Å². The third-order valence-corrected chi connectivity index (χ3v) is 4.37. The Morgan fingerprint density at radius 1 is 1.32 bits per heavy atom. The van der Waals surface area contributed by atoms with Crippen molar-refractivity contribution in [2.45, 2.75) is 44.4 Å². The summed E-state index contributed by atoms with van der Waals surface area (Å²) in [5, 5.41) is 3.28. The van der Waals surface area contributed by atoms with Crippen LogP contribution in [0.25, 0.3) is 0 Å². The zero-order valence-corrected chi connectivity index (χ0v) is 12.2. The maximum Gasteiger partial charge on any atom is 0.419 e. The van der Waals surface area contributed by atoms with Crippen LogP contribution in [-0.2, 0) is 18.3 Å². The van der Waals surface area contributed by atoms with Gasteiger partial charge in [-0.2, -0.15) is 13.2 Å². The maximum atomic E-state index is 13.0. The number of hydrogen-bond donors (Lipinski definition) is 1. The lowest BCUT2D eigenvalue weighted by atomic mass is 9.74. The molecular formula is C16H17F3N2O. The van der Waals surface area contributed by atoms with Crippen LogP contribution in [0.15, 0.2) is 35.1 Å². The Balaban J connectivity index is 1.82. The topological polar surface area (TPSA) is 38.1 Å². The molecule has 1 saturated carbocycles. The Labute approximate surface area is 126 Å². The molecular weight excluding hydrogens is 293 g/mol. The summed E-state index contributed by atoms with van der Waals surface area (Å²) in [6.45, 7) is 1.67. The summed E-state index contributed by atoms with van der Waals surface area (Å²) >= 11 is 0. The molecule has 2 heterocycles. The minimum Gasteiger partial charge on any atom is -0.469 e. The van der Waals surface area contributed by atoms with Crippen molar-refractivity contribution in [2.24, 2.45) is 0 Å². The van der Waals surface area contributed by atoms with Crippen LogP contribution in [0.4, 0.5) is 13.2 Å². The van der Waals surface area contributed by atoms with E-state index in [1.807, 2.05) is 18.2 Å². The van der Waals surface area contributed by atoms with Gasteiger partial charge < -0.3 is 9.73 Å². The first-order chi connectivity index (χ1) is 10.4. The lowest BCUT2D eigenvalue weighted by Gasteiger charge is -2.42. The molecule has 0 aromatic carbocycles. The number of aromatic nitrogens is 1. The number of nitrogens with zero attached hydrogens (tertiary/aromatic N) is 1. The molecule has 1 aliphatic rings. The van der Waals surface area contributed by atoms with Crippen molar-refractivity contribution in [3.63, 3.8) is 0 Å². The predicted molar refractivity (Wildman–Crippen MR) is 75.1 cm³/mol. The fraction of sp³-hybridized carbons (Fsp3) is 0.438. The van der Waals surface area contributed by atoms with Gasteiger partial charge in [0.1, 0.15) is 12.0 Å². The van der Waals surface area contributed by atoms with Crippen LogP contribution in [0.3, 0.4) is 0 Å². The zero-order valence-electron chi connectivity index (χ0n) is 12.2. The maximum absolute atomic E-state index is 13.0. The van der Waals surface area contributed by atoms with E-state index in [0.717, 1.165) is 31.2 Å². The number of nitrogens with one attached hydrogen (secondary N) is 1. The summed E-state index contributed by atoms with van der Waals surface area (Å²) in [5.41, 5.74) is 0.0343. The van der Waals surface area contributed by atoms with Crippen molar-refractivity contribution in [2.75, 3.05) is 0 Å². The molecule has 22 heavy (non-hydrogen) atoms. The molecule has 0 bridgehead atoms. The van der Waals surface area contributed by atoms with Gasteiger partial charge >= 0.3 is 6.18 Å². The molecule has 6 heteroatoms. The number of furan rings is 1. The van der Waals surface area contributed by atoms with Gasteiger partial charge in [-0.3, -0.25) is 4.98 Å². The number of aryl methyl sites for hydroxylation is 1. The van der Waals surface area contributed by atoms with E-state index in [1.165, 1.54) is 0 Å². The summed E-state index contributed by atoms with van der Waals surface area (Å²) in [7, 11) is 0. The van der Waals surface area contributed by atoms with Gasteiger partial charge in [-0.05, 0) is 38.3 Å². The average molecular weight is 310 g/mol. The van der Waals surface area contributed by atoms with E-state index in [1.54, 1.807) is 13.1 Å². The van der Waals surface area contributed by atoms with Gasteiger partial charge in [0.2, 0.25) is 0 Å². The van der Waals surface area contributed by atoms with E-state index in [-0.39, 0.29) is 17.6 Å². The molecule has 1 fully saturated rings. The first-order valence-electron chi connectivity index (χ1n) is 7.23. The van der Waals surface area contributed by atoms with Gasteiger partial charge in [0, 0.05) is 18.3 Å². The van der Waals surface area contributed by atoms with Gasteiger partial charge in [-0.1, -0.05) is 6.07 Å². The highest BCUT2D eigenvalue weighted by Gasteiger charge is 2.41. The first-order valence-corrected chi connectivity index (χ1v) is 7.23. The summed E-state index contributed by atoms with van der Waals surface area (Å²) in [6.07, 6.45) is 0.902. The lowest BCUT2D eigenvalue weighted by molar-refractivity contribution is -0.138. The Kier molecular flexibility index (Phi) is 3.72. The summed E-state index contributed by atoms with van der Waals surface area (Å²) in [5.74, 6) is 0.301. The smallest absolute Gasteiger partial charge is 0.419 e. The molecule has 0 spiro atoms. The number of hydrogen-bond acceptors (Lipinski definition) is 3. The van der Waals surface area contributed by atoms with E-state index in [4.69, 9.17) is 4.42 Å². The number of alkyl halides is 3. The molecule has 2 aromatic rings. The normalized spacial score (nSPS) is 17.3. The number of halogens is 3. The van der Waals surface area contributed by atoms with Crippen LogP contribution >= 0.6 is 0 Å². The monoisotopic (exact) mass is 310 g/mol. The van der Waals surface area contributed by atoms with E-state index in [2.05, 4.69) is 10.3 Å². The summed E-state index contributed by atoms with van der Waals surface area (Å²) < 4.78 is 44.0. The highest BCUT2D eigenvalue weighted by atomic mass is 19.4. The Bertz CT molecular complexity index is 645. The molecule has 118 valence electrons. The second-order valence-corrected chi connectivity index (χ2v) is 5.69. The highest BCUT2D eigenvalue weighted by molar-refractivity contribution is 5.30. The van der Waals surface area contributed by atoms with Crippen molar-refractivity contribution in [3.8, 4) is 0 Å². The molecule has 3 nitrogen and oxygen atoms in total. The Morgan fingerprint density at radius 3 is 2.64 bits per heavy atom. The van der Waals surface area contributed by atoms with E-state index < -0.39 is 11.7 Å². The van der Waals surface area contributed by atoms with Crippen LogP contribution in [-0.4, -0.2) is 4.98 Å². The molecule has 0 atom stereocenters. The van der Waals surface area contributed by atoms with Crippen LogP contribution in [0.1, 0.15) is 41.8 Å². The number of rotatable bonds is 4. The molecule has 0 saturated heterocycles. The van der Waals surface area contributed by atoms with E-state index >= 15 is 0 Å². The van der Waals surface area contributed by atoms with Crippen LogP contribution < -0.4 is 5.32 Å². The first kappa shape index (κ1) is 15.1. The summed E-state index contributed by atoms with van der Waals surface area (Å²) in [4.78, 5) is 4.36. The van der Waals surface area contributed by atoms with Gasteiger partial charge in [0.05, 0.1) is 16.8 Å². The molecule has 0 amide bonds. The molecule has 3 rings (SSSR count). The van der Waals surface area contributed by atoms with Gasteiger partial charge in [0.25, 0.3) is 0 Å². The van der Waals surface area contributed by atoms with Crippen molar-refractivity contribution < 1.29 is 17.6 Å². The van der Waals surface area contributed by atoms with E-state index in [0.29, 0.717) is 5.76 Å². The second kappa shape index (κ2) is 5.43. The van der Waals surface area contributed by atoms with Gasteiger partial charge in [-0.25, -0.2) is 0 Å². The Hall–Kier alpha value is -1.82. The molecule has 0 aliphatic heterocycles. The number of pyridine rings is 1. The average Bonchev–Trinajstić information content (AvgIpc) is 2.80. The largest absolute Gasteiger partial charge is 0.469 e. The van der Waals surface area contributed by atoms with E-state index in [9.17, 15) is 13.2 Å². The third kappa shape index (κ3) is 2.63. The van der Waals surface area contributed by atoms with Gasteiger partial charge in [0.15, 0.2) is 0 Å². The van der Waals surface area contributed by atoms with Crippen molar-refractivity contribution in [1.82, 2.24) is 10.3 Å².